The molecule has 2 rings (SSSR count). The largest absolute Gasteiger partial charge is 0.386 e. The van der Waals surface area contributed by atoms with E-state index in [0.29, 0.717) is 6.04 Å². The van der Waals surface area contributed by atoms with E-state index in [0.717, 1.165) is 61.2 Å². The van der Waals surface area contributed by atoms with Crippen LogP contribution in [0.1, 0.15) is 79.2 Å². The van der Waals surface area contributed by atoms with Gasteiger partial charge in [0.15, 0.2) is 0 Å². The monoisotopic (exact) mass is 432 g/mol. The summed E-state index contributed by atoms with van der Waals surface area (Å²) in [5, 5.41) is 7.31. The maximum Gasteiger partial charge on any atom is 0.0301 e. The summed E-state index contributed by atoms with van der Waals surface area (Å²) in [7, 11) is 0. The second-order valence-electron chi connectivity index (χ2n) is 10.7. The quantitative estimate of drug-likeness (QED) is 0.366. The van der Waals surface area contributed by atoms with Gasteiger partial charge < -0.3 is 10.6 Å². The van der Waals surface area contributed by atoms with Crippen molar-refractivity contribution in [2.75, 3.05) is 0 Å². The highest BCUT2D eigenvalue weighted by Gasteiger charge is 2.23. The minimum Gasteiger partial charge on any atom is -0.386 e. The molecule has 0 aromatic heterocycles. The third kappa shape index (κ3) is 8.22. The summed E-state index contributed by atoms with van der Waals surface area (Å²) in [6, 6.07) is 11.1. The fourth-order valence-corrected chi connectivity index (χ4v) is 4.62. The van der Waals surface area contributed by atoms with Gasteiger partial charge in [0.1, 0.15) is 0 Å². The minimum absolute atomic E-state index is 0.211. The molecular formula is C30H44N2. The van der Waals surface area contributed by atoms with Gasteiger partial charge in [0, 0.05) is 23.1 Å². The summed E-state index contributed by atoms with van der Waals surface area (Å²) in [6.07, 6.45) is 6.19. The Morgan fingerprint density at radius 2 is 1.69 bits per heavy atom. The zero-order valence-corrected chi connectivity index (χ0v) is 21.3. The number of hydrogen-bond donors (Lipinski definition) is 2. The molecule has 0 saturated carbocycles. The average Bonchev–Trinajstić information content (AvgIpc) is 2.68. The van der Waals surface area contributed by atoms with Gasteiger partial charge in [-0.05, 0) is 87.0 Å². The van der Waals surface area contributed by atoms with Crippen molar-refractivity contribution in [3.05, 3.63) is 95.0 Å². The molecule has 0 spiro atoms. The van der Waals surface area contributed by atoms with Gasteiger partial charge in [-0.3, -0.25) is 0 Å². The van der Waals surface area contributed by atoms with Crippen LogP contribution in [0.25, 0.3) is 0 Å². The van der Waals surface area contributed by atoms with Gasteiger partial charge >= 0.3 is 0 Å². The van der Waals surface area contributed by atoms with Crippen LogP contribution in [0.4, 0.5) is 0 Å². The molecule has 0 saturated heterocycles. The Morgan fingerprint density at radius 3 is 2.28 bits per heavy atom. The van der Waals surface area contributed by atoms with Crippen molar-refractivity contribution in [3.8, 4) is 0 Å². The highest BCUT2D eigenvalue weighted by atomic mass is 14.9. The summed E-state index contributed by atoms with van der Waals surface area (Å²) in [5.74, 6) is 0. The lowest BCUT2D eigenvalue weighted by molar-refractivity contribution is 0.402. The van der Waals surface area contributed by atoms with Gasteiger partial charge in [0.2, 0.25) is 0 Å². The van der Waals surface area contributed by atoms with E-state index in [1.165, 1.54) is 22.3 Å². The maximum absolute atomic E-state index is 4.32. The van der Waals surface area contributed by atoms with Gasteiger partial charge in [-0.1, -0.05) is 76.4 Å². The van der Waals surface area contributed by atoms with E-state index < -0.39 is 0 Å². The number of benzene rings is 1. The molecule has 174 valence electrons. The van der Waals surface area contributed by atoms with Crippen molar-refractivity contribution < 1.29 is 0 Å². The van der Waals surface area contributed by atoms with Gasteiger partial charge in [-0.25, -0.2) is 0 Å². The van der Waals surface area contributed by atoms with E-state index in [-0.39, 0.29) is 5.41 Å². The molecule has 1 atom stereocenters. The molecule has 1 aliphatic carbocycles. The smallest absolute Gasteiger partial charge is 0.0301 e. The molecular weight excluding hydrogens is 388 g/mol. The van der Waals surface area contributed by atoms with Gasteiger partial charge in [0.05, 0.1) is 0 Å². The zero-order valence-electron chi connectivity index (χ0n) is 21.3. The lowest BCUT2D eigenvalue weighted by atomic mass is 9.82. The first-order valence-electron chi connectivity index (χ1n) is 11.9. The second-order valence-corrected chi connectivity index (χ2v) is 10.7. The van der Waals surface area contributed by atoms with Crippen LogP contribution in [0.2, 0.25) is 0 Å². The minimum atomic E-state index is 0.211. The van der Waals surface area contributed by atoms with Crippen LogP contribution in [0.5, 0.6) is 0 Å². The molecule has 0 fully saturated rings. The molecule has 2 N–H and O–H groups in total. The summed E-state index contributed by atoms with van der Waals surface area (Å²) < 4.78 is 0. The van der Waals surface area contributed by atoms with Crippen molar-refractivity contribution in [3.63, 3.8) is 0 Å². The number of rotatable bonds is 10. The third-order valence-corrected chi connectivity index (χ3v) is 6.01. The fourth-order valence-electron chi connectivity index (χ4n) is 4.62. The van der Waals surface area contributed by atoms with Gasteiger partial charge in [0.25, 0.3) is 0 Å². The van der Waals surface area contributed by atoms with Crippen LogP contribution in [0.3, 0.4) is 0 Å². The van der Waals surface area contributed by atoms with Gasteiger partial charge in [-0.2, -0.15) is 0 Å². The van der Waals surface area contributed by atoms with Crippen molar-refractivity contribution >= 4 is 0 Å². The Morgan fingerprint density at radius 1 is 1.03 bits per heavy atom. The van der Waals surface area contributed by atoms with Crippen molar-refractivity contribution in [1.29, 1.82) is 0 Å². The summed E-state index contributed by atoms with van der Waals surface area (Å²) in [5.41, 5.74) is 10.2. The van der Waals surface area contributed by atoms with Crippen LogP contribution in [-0.4, -0.2) is 6.04 Å². The third-order valence-electron chi connectivity index (χ3n) is 6.01. The molecule has 1 unspecified atom stereocenters. The Kier molecular flexibility index (Phi) is 9.19. The first-order valence-corrected chi connectivity index (χ1v) is 11.9. The first-order chi connectivity index (χ1) is 15.0. The fraction of sp³-hybridized carbons (Fsp3) is 0.467. The zero-order chi connectivity index (χ0) is 23.9. The Bertz CT molecular complexity index is 891. The lowest BCUT2D eigenvalue weighted by Crippen LogP contribution is -2.32. The SMILES string of the molecule is C=C(CC(C)(C)C)N/C(C)=C(\C(=C)C)C1=C(C)CCC(NC(=C)CCc2ccccc2)C1. The molecule has 1 aromatic rings. The lowest BCUT2D eigenvalue weighted by Gasteiger charge is -2.31. The highest BCUT2D eigenvalue weighted by Crippen LogP contribution is 2.35. The number of nitrogens with one attached hydrogen (secondary N) is 2. The van der Waals surface area contributed by atoms with Crippen molar-refractivity contribution in [1.82, 2.24) is 10.6 Å². The molecule has 2 nitrogen and oxygen atoms in total. The predicted octanol–water partition coefficient (Wildman–Crippen LogP) is 7.98. The molecule has 0 amide bonds. The van der Waals surface area contributed by atoms with Crippen LogP contribution in [0.15, 0.2) is 89.5 Å². The van der Waals surface area contributed by atoms with E-state index in [1.54, 1.807) is 0 Å². The van der Waals surface area contributed by atoms with Crippen molar-refractivity contribution in [2.45, 2.75) is 86.1 Å². The van der Waals surface area contributed by atoms with Crippen LogP contribution in [0, 0.1) is 5.41 Å². The van der Waals surface area contributed by atoms with E-state index >= 15 is 0 Å². The Balaban J connectivity index is 2.08. The number of hydrogen-bond acceptors (Lipinski definition) is 2. The molecule has 0 bridgehead atoms. The molecule has 2 heteroatoms. The van der Waals surface area contributed by atoms with Crippen LogP contribution in [-0.2, 0) is 6.42 Å². The number of allylic oxidation sites excluding steroid dienone is 6. The van der Waals surface area contributed by atoms with Crippen LogP contribution >= 0.6 is 0 Å². The average molecular weight is 433 g/mol. The van der Waals surface area contributed by atoms with Gasteiger partial charge in [-0.15, -0.1) is 0 Å². The van der Waals surface area contributed by atoms with E-state index in [2.05, 4.69) is 102 Å². The Labute approximate surface area is 197 Å². The van der Waals surface area contributed by atoms with E-state index in [1.807, 2.05) is 0 Å². The normalized spacial score (nSPS) is 17.5. The summed E-state index contributed by atoms with van der Waals surface area (Å²) in [6.45, 7) is 26.2. The molecule has 1 aliphatic rings. The summed E-state index contributed by atoms with van der Waals surface area (Å²) >= 11 is 0. The molecule has 0 radical (unpaired) electrons. The maximum atomic E-state index is 4.32. The molecule has 1 aromatic carbocycles. The van der Waals surface area contributed by atoms with Crippen molar-refractivity contribution in [2.24, 2.45) is 5.41 Å². The topological polar surface area (TPSA) is 24.1 Å². The Hall–Kier alpha value is -2.48. The van der Waals surface area contributed by atoms with Crippen LogP contribution < -0.4 is 10.6 Å². The highest BCUT2D eigenvalue weighted by molar-refractivity contribution is 5.50. The first kappa shape index (κ1) is 25.8. The van der Waals surface area contributed by atoms with E-state index in [9.17, 15) is 0 Å². The summed E-state index contributed by atoms with van der Waals surface area (Å²) in [4.78, 5) is 0. The molecule has 0 aliphatic heterocycles. The molecule has 0 heterocycles. The van der Waals surface area contributed by atoms with E-state index in [4.69, 9.17) is 0 Å². The predicted molar refractivity (Wildman–Crippen MR) is 141 cm³/mol. The molecule has 32 heavy (non-hydrogen) atoms. The second kappa shape index (κ2) is 11.4. The number of aryl methyl sites for hydroxylation is 1. The standard InChI is InChI=1S/C30H44N2/c1-21(2)29(25(6)31-24(5)20-30(7,8)9)28-19-27(18-15-22(28)3)32-23(4)16-17-26-13-11-10-12-14-26/h10-14,27,31-32H,1,4-5,15-20H2,2-3,6-9H3/b29-25+.